The molecule has 0 spiro atoms. The van der Waals surface area contributed by atoms with Crippen LogP contribution in [0.5, 0.6) is 0 Å². The molecule has 3 aromatic heterocycles. The molecule has 0 radical (unpaired) electrons. The van der Waals surface area contributed by atoms with Crippen LogP contribution in [0.3, 0.4) is 0 Å². The number of rotatable bonds is 2. The first kappa shape index (κ1) is 11.3. The molecule has 0 saturated carbocycles. The highest BCUT2D eigenvalue weighted by Crippen LogP contribution is 2.27. The molecule has 3 aromatic rings. The Morgan fingerprint density at radius 2 is 2.11 bits per heavy atom. The van der Waals surface area contributed by atoms with Crippen molar-refractivity contribution in [3.8, 4) is 11.3 Å². The van der Waals surface area contributed by atoms with E-state index in [-0.39, 0.29) is 0 Å². The average Bonchev–Trinajstić information content (AvgIpc) is 2.85. The van der Waals surface area contributed by atoms with Crippen molar-refractivity contribution in [2.45, 2.75) is 6.92 Å². The van der Waals surface area contributed by atoms with Gasteiger partial charge >= 0.3 is 0 Å². The Kier molecular flexibility index (Phi) is 2.68. The van der Waals surface area contributed by atoms with Crippen LogP contribution in [0.4, 0.5) is 5.82 Å². The van der Waals surface area contributed by atoms with Crippen molar-refractivity contribution in [2.24, 2.45) is 0 Å². The van der Waals surface area contributed by atoms with Crippen LogP contribution in [-0.2, 0) is 0 Å². The Morgan fingerprint density at radius 3 is 2.84 bits per heavy atom. The van der Waals surface area contributed by atoms with Crippen LogP contribution in [0.1, 0.15) is 12.6 Å². The lowest BCUT2D eigenvalue weighted by atomic mass is 10.1. The molecule has 0 bridgehead atoms. The van der Waals surface area contributed by atoms with E-state index in [4.69, 9.17) is 5.73 Å². The minimum Gasteiger partial charge on any atom is -0.383 e. The van der Waals surface area contributed by atoms with Gasteiger partial charge in [-0.1, -0.05) is 6.08 Å². The van der Waals surface area contributed by atoms with Gasteiger partial charge in [-0.25, -0.2) is 9.97 Å². The van der Waals surface area contributed by atoms with Crippen LogP contribution in [-0.4, -0.2) is 25.1 Å². The van der Waals surface area contributed by atoms with Crippen LogP contribution in [0.2, 0.25) is 0 Å². The van der Waals surface area contributed by atoms with Gasteiger partial charge in [-0.05, 0) is 25.1 Å². The number of H-pyrrole nitrogens is 1. The van der Waals surface area contributed by atoms with Crippen LogP contribution in [0.25, 0.3) is 28.4 Å². The maximum absolute atomic E-state index is 5.87. The fourth-order valence-corrected chi connectivity index (χ4v) is 1.91. The van der Waals surface area contributed by atoms with Crippen molar-refractivity contribution in [3.05, 3.63) is 36.4 Å². The third kappa shape index (κ3) is 1.93. The number of nitrogen functional groups attached to an aromatic ring is 1. The van der Waals surface area contributed by atoms with Gasteiger partial charge < -0.3 is 5.73 Å². The third-order valence-corrected chi connectivity index (χ3v) is 2.79. The van der Waals surface area contributed by atoms with Crippen LogP contribution < -0.4 is 5.73 Å². The molecular formula is C13H12N6. The zero-order valence-electron chi connectivity index (χ0n) is 10.3. The van der Waals surface area contributed by atoms with Gasteiger partial charge in [-0.3, -0.25) is 10.1 Å². The second-order valence-corrected chi connectivity index (χ2v) is 4.03. The smallest absolute Gasteiger partial charge is 0.186 e. The Hall–Kier alpha value is -2.76. The number of aromatic amines is 1. The summed E-state index contributed by atoms with van der Waals surface area (Å²) in [4.78, 5) is 12.4. The van der Waals surface area contributed by atoms with Crippen molar-refractivity contribution < 1.29 is 0 Å². The zero-order valence-corrected chi connectivity index (χ0v) is 10.3. The Labute approximate surface area is 109 Å². The van der Waals surface area contributed by atoms with E-state index < -0.39 is 0 Å². The zero-order chi connectivity index (χ0) is 13.2. The molecule has 19 heavy (non-hydrogen) atoms. The second-order valence-electron chi connectivity index (χ2n) is 4.03. The number of fused-ring (bicyclic) bond motifs is 1. The monoisotopic (exact) mass is 252 g/mol. The predicted octanol–water partition coefficient (Wildman–Crippen LogP) is 2.03. The number of aromatic nitrogens is 5. The van der Waals surface area contributed by atoms with Gasteiger partial charge in [0.15, 0.2) is 5.65 Å². The quantitative estimate of drug-likeness (QED) is 0.727. The lowest BCUT2D eigenvalue weighted by Crippen LogP contribution is -1.92. The molecule has 3 heterocycles. The molecule has 0 saturated heterocycles. The third-order valence-electron chi connectivity index (χ3n) is 2.79. The largest absolute Gasteiger partial charge is 0.383 e. The van der Waals surface area contributed by atoms with Gasteiger partial charge in [-0.15, -0.1) is 0 Å². The lowest BCUT2D eigenvalue weighted by molar-refractivity contribution is 1.09. The Bertz CT molecular complexity index is 741. The molecule has 0 unspecified atom stereocenters. The molecule has 0 aliphatic heterocycles. The molecule has 0 fully saturated rings. The molecule has 0 amide bonds. The van der Waals surface area contributed by atoms with Crippen molar-refractivity contribution in [1.82, 2.24) is 25.1 Å². The summed E-state index contributed by atoms with van der Waals surface area (Å²) in [6.45, 7) is 1.95. The lowest BCUT2D eigenvalue weighted by Gasteiger charge is -2.00. The van der Waals surface area contributed by atoms with E-state index in [1.165, 1.54) is 6.33 Å². The van der Waals surface area contributed by atoms with Crippen LogP contribution in [0, 0.1) is 0 Å². The van der Waals surface area contributed by atoms with Gasteiger partial charge in [-0.2, -0.15) is 5.10 Å². The fourth-order valence-electron chi connectivity index (χ4n) is 1.91. The Morgan fingerprint density at radius 1 is 1.21 bits per heavy atom. The number of hydrogen-bond acceptors (Lipinski definition) is 5. The summed E-state index contributed by atoms with van der Waals surface area (Å²) in [6.07, 6.45) is 7.05. The van der Waals surface area contributed by atoms with Crippen molar-refractivity contribution in [1.29, 1.82) is 0 Å². The summed E-state index contributed by atoms with van der Waals surface area (Å²) in [5, 5.41) is 7.77. The van der Waals surface area contributed by atoms with Crippen LogP contribution in [0.15, 0.2) is 30.7 Å². The normalized spacial score (nSPS) is 11.4. The van der Waals surface area contributed by atoms with E-state index in [1.54, 1.807) is 6.20 Å². The number of anilines is 1. The molecular weight excluding hydrogens is 240 g/mol. The summed E-state index contributed by atoms with van der Waals surface area (Å²) in [7, 11) is 0. The minimum atomic E-state index is 0.409. The molecule has 3 rings (SSSR count). The maximum atomic E-state index is 5.87. The van der Waals surface area contributed by atoms with Crippen molar-refractivity contribution >= 4 is 22.9 Å². The summed E-state index contributed by atoms with van der Waals surface area (Å²) in [5.74, 6) is 0.409. The van der Waals surface area contributed by atoms with E-state index in [9.17, 15) is 0 Å². The summed E-state index contributed by atoms with van der Waals surface area (Å²) in [6, 6.07) is 3.89. The molecule has 3 N–H and O–H groups in total. The van der Waals surface area contributed by atoms with Crippen LogP contribution >= 0.6 is 0 Å². The minimum absolute atomic E-state index is 0.409. The number of hydrogen-bond donors (Lipinski definition) is 2. The fraction of sp³-hybridized carbons (Fsp3) is 0.0769. The molecule has 0 aliphatic carbocycles. The Balaban J connectivity index is 2.14. The summed E-state index contributed by atoms with van der Waals surface area (Å²) in [5.41, 5.74) is 9.02. The standard InChI is InChI=1S/C13H12N6/c1-2-3-9-5-4-8(6-15-9)11-10-12(14)16-7-17-13(10)19-18-11/h2-7H,1H3,(H3,14,16,17,18,19)/b3-2+. The highest BCUT2D eigenvalue weighted by molar-refractivity contribution is 5.97. The number of nitrogens with zero attached hydrogens (tertiary/aromatic N) is 4. The highest BCUT2D eigenvalue weighted by atomic mass is 15.2. The van der Waals surface area contributed by atoms with E-state index in [1.807, 2.05) is 31.2 Å². The SMILES string of the molecule is C/C=C/c1ccc(-c2[nH]nc3ncnc(N)c23)cn1. The number of pyridine rings is 1. The molecule has 0 aliphatic rings. The number of nitrogens with two attached hydrogens (primary N) is 1. The van der Waals surface area contributed by atoms with Crippen molar-refractivity contribution in [3.63, 3.8) is 0 Å². The van der Waals surface area contributed by atoms with Gasteiger partial charge in [0.2, 0.25) is 0 Å². The number of nitrogens with one attached hydrogen (secondary N) is 1. The van der Waals surface area contributed by atoms with E-state index in [2.05, 4.69) is 25.1 Å². The van der Waals surface area contributed by atoms with Gasteiger partial charge in [0.1, 0.15) is 12.1 Å². The first-order valence-corrected chi connectivity index (χ1v) is 5.83. The first-order valence-electron chi connectivity index (χ1n) is 5.83. The topological polar surface area (TPSA) is 93.4 Å². The number of allylic oxidation sites excluding steroid dienone is 1. The van der Waals surface area contributed by atoms with E-state index in [0.717, 1.165) is 22.3 Å². The van der Waals surface area contributed by atoms with Gasteiger partial charge in [0, 0.05) is 11.8 Å². The first-order chi connectivity index (χ1) is 9.29. The van der Waals surface area contributed by atoms with Gasteiger partial charge in [0.25, 0.3) is 0 Å². The maximum Gasteiger partial charge on any atom is 0.186 e. The molecule has 6 nitrogen and oxygen atoms in total. The molecule has 94 valence electrons. The summed E-state index contributed by atoms with van der Waals surface area (Å²) >= 11 is 0. The van der Waals surface area contributed by atoms with E-state index in [0.29, 0.717) is 11.5 Å². The predicted molar refractivity (Wildman–Crippen MR) is 74.0 cm³/mol. The highest BCUT2D eigenvalue weighted by Gasteiger charge is 2.12. The second kappa shape index (κ2) is 4.49. The molecule has 0 atom stereocenters. The summed E-state index contributed by atoms with van der Waals surface area (Å²) < 4.78 is 0. The van der Waals surface area contributed by atoms with Crippen molar-refractivity contribution in [2.75, 3.05) is 5.73 Å². The molecule has 0 aromatic carbocycles. The molecule has 6 heteroatoms. The van der Waals surface area contributed by atoms with E-state index >= 15 is 0 Å². The van der Waals surface area contributed by atoms with Gasteiger partial charge in [0.05, 0.1) is 16.8 Å². The average molecular weight is 252 g/mol.